The second kappa shape index (κ2) is 6.93. The van der Waals surface area contributed by atoms with Crippen molar-refractivity contribution < 1.29 is 14.7 Å². The van der Waals surface area contributed by atoms with E-state index in [9.17, 15) is 14.7 Å². The van der Waals surface area contributed by atoms with Crippen LogP contribution in [0.4, 0.5) is 10.5 Å². The molecule has 0 aliphatic carbocycles. The number of amides is 2. The summed E-state index contributed by atoms with van der Waals surface area (Å²) in [7, 11) is 0. The fourth-order valence-electron chi connectivity index (χ4n) is 2.53. The third kappa shape index (κ3) is 3.97. The number of carbonyl (C=O) groups excluding carboxylic acids is 1. The summed E-state index contributed by atoms with van der Waals surface area (Å²) < 4.78 is 0.971. The van der Waals surface area contributed by atoms with Gasteiger partial charge in [0.1, 0.15) is 6.04 Å². The molecule has 0 radical (unpaired) electrons. The van der Waals surface area contributed by atoms with Crippen LogP contribution in [-0.2, 0) is 4.79 Å². The highest BCUT2D eigenvalue weighted by atomic mass is 79.9. The molecule has 1 aromatic carbocycles. The van der Waals surface area contributed by atoms with Gasteiger partial charge in [-0.1, -0.05) is 28.8 Å². The smallest absolute Gasteiger partial charge is 0.326 e. The van der Waals surface area contributed by atoms with Gasteiger partial charge in [0, 0.05) is 16.7 Å². The van der Waals surface area contributed by atoms with E-state index in [1.807, 2.05) is 19.1 Å². The number of hydrogen-bond donors (Lipinski definition) is 2. The molecule has 2 rings (SSSR count). The fraction of sp³-hybridized carbons (Fsp3) is 0.467. The van der Waals surface area contributed by atoms with Crippen LogP contribution in [0, 0.1) is 6.92 Å². The fourth-order valence-corrected chi connectivity index (χ4v) is 2.77. The number of urea groups is 1. The van der Waals surface area contributed by atoms with Crippen LogP contribution in [0.3, 0.4) is 0 Å². The van der Waals surface area contributed by atoms with Crippen LogP contribution in [0.15, 0.2) is 22.7 Å². The largest absolute Gasteiger partial charge is 0.480 e. The molecule has 6 heteroatoms. The Morgan fingerprint density at radius 2 is 2.10 bits per heavy atom. The Labute approximate surface area is 132 Å². The Bertz CT molecular complexity index is 548. The predicted octanol–water partition coefficient (Wildman–Crippen LogP) is 3.62. The lowest BCUT2D eigenvalue weighted by Gasteiger charge is -2.27. The zero-order valence-electron chi connectivity index (χ0n) is 11.9. The maximum atomic E-state index is 12.4. The third-order valence-corrected chi connectivity index (χ3v) is 4.60. The van der Waals surface area contributed by atoms with Crippen molar-refractivity contribution >= 4 is 33.6 Å². The van der Waals surface area contributed by atoms with E-state index in [2.05, 4.69) is 21.2 Å². The summed E-state index contributed by atoms with van der Waals surface area (Å²) in [6.07, 6.45) is 3.17. The average Bonchev–Trinajstić information content (AvgIpc) is 2.68. The van der Waals surface area contributed by atoms with Crippen LogP contribution in [0.5, 0.6) is 0 Å². The number of rotatable bonds is 2. The van der Waals surface area contributed by atoms with E-state index < -0.39 is 12.0 Å². The standard InChI is InChI=1S/C15H19BrN2O3/c1-10-9-11(6-7-12(10)16)17-15(21)18-8-4-2-3-5-13(18)14(19)20/h6-7,9,13H,2-5,8H2,1H3,(H,17,21)(H,19,20). The van der Waals surface area contributed by atoms with Crippen LogP contribution >= 0.6 is 15.9 Å². The lowest BCUT2D eigenvalue weighted by Crippen LogP contribution is -2.46. The van der Waals surface area contributed by atoms with Gasteiger partial charge in [-0.2, -0.15) is 0 Å². The molecule has 1 aliphatic rings. The molecule has 0 aromatic heterocycles. The molecule has 2 N–H and O–H groups in total. The van der Waals surface area contributed by atoms with Crippen molar-refractivity contribution in [2.24, 2.45) is 0 Å². The number of carboxylic acid groups (broad SMARTS) is 1. The lowest BCUT2D eigenvalue weighted by molar-refractivity contribution is -0.142. The molecule has 1 saturated heterocycles. The lowest BCUT2D eigenvalue weighted by atomic mass is 10.1. The van der Waals surface area contributed by atoms with Gasteiger partial charge in [0.05, 0.1) is 0 Å². The number of aryl methyl sites for hydroxylation is 1. The molecule has 1 aromatic rings. The average molecular weight is 355 g/mol. The highest BCUT2D eigenvalue weighted by Gasteiger charge is 2.30. The van der Waals surface area contributed by atoms with E-state index in [1.165, 1.54) is 4.90 Å². The molecule has 0 spiro atoms. The normalized spacial score (nSPS) is 19.0. The monoisotopic (exact) mass is 354 g/mol. The van der Waals surface area contributed by atoms with E-state index in [4.69, 9.17) is 0 Å². The van der Waals surface area contributed by atoms with Crippen molar-refractivity contribution in [2.45, 2.75) is 38.6 Å². The Hall–Kier alpha value is -1.56. The number of halogens is 1. The van der Waals surface area contributed by atoms with Gasteiger partial charge in [0.15, 0.2) is 0 Å². The second-order valence-corrected chi connectivity index (χ2v) is 6.15. The molecule has 1 atom stereocenters. The molecular weight excluding hydrogens is 336 g/mol. The maximum Gasteiger partial charge on any atom is 0.326 e. The van der Waals surface area contributed by atoms with Crippen molar-refractivity contribution in [2.75, 3.05) is 11.9 Å². The molecule has 5 nitrogen and oxygen atoms in total. The number of carbonyl (C=O) groups is 2. The quantitative estimate of drug-likeness (QED) is 0.851. The Morgan fingerprint density at radius 3 is 2.76 bits per heavy atom. The minimum absolute atomic E-state index is 0.342. The second-order valence-electron chi connectivity index (χ2n) is 5.29. The minimum atomic E-state index is -0.931. The highest BCUT2D eigenvalue weighted by molar-refractivity contribution is 9.10. The van der Waals surface area contributed by atoms with Crippen LogP contribution in [0.25, 0.3) is 0 Å². The van der Waals surface area contributed by atoms with E-state index in [0.29, 0.717) is 18.7 Å². The summed E-state index contributed by atoms with van der Waals surface area (Å²) in [5.74, 6) is -0.931. The number of anilines is 1. The van der Waals surface area contributed by atoms with Gasteiger partial charge in [0.25, 0.3) is 0 Å². The van der Waals surface area contributed by atoms with Gasteiger partial charge in [0.2, 0.25) is 0 Å². The summed E-state index contributed by atoms with van der Waals surface area (Å²) in [6, 6.07) is 4.44. The molecular formula is C15H19BrN2O3. The topological polar surface area (TPSA) is 69.6 Å². The SMILES string of the molecule is Cc1cc(NC(=O)N2CCCCCC2C(=O)O)ccc1Br. The summed E-state index contributed by atoms with van der Waals surface area (Å²) in [5, 5.41) is 12.1. The first-order chi connectivity index (χ1) is 9.99. The molecule has 2 amide bonds. The predicted molar refractivity (Wildman–Crippen MR) is 84.5 cm³/mol. The van der Waals surface area contributed by atoms with Crippen LogP contribution < -0.4 is 5.32 Å². The van der Waals surface area contributed by atoms with Crippen molar-refractivity contribution in [3.8, 4) is 0 Å². The van der Waals surface area contributed by atoms with Crippen molar-refractivity contribution in [3.63, 3.8) is 0 Å². The Kier molecular flexibility index (Phi) is 5.22. The van der Waals surface area contributed by atoms with Gasteiger partial charge in [-0.05, 0) is 43.5 Å². The first kappa shape index (κ1) is 15.8. The van der Waals surface area contributed by atoms with Crippen molar-refractivity contribution in [1.29, 1.82) is 0 Å². The molecule has 114 valence electrons. The number of aliphatic carboxylic acids is 1. The molecule has 21 heavy (non-hydrogen) atoms. The number of benzene rings is 1. The molecule has 1 fully saturated rings. The van der Waals surface area contributed by atoms with Crippen molar-refractivity contribution in [1.82, 2.24) is 4.90 Å². The van der Waals surface area contributed by atoms with Crippen LogP contribution in [-0.4, -0.2) is 34.6 Å². The number of likely N-dealkylation sites (tertiary alicyclic amines) is 1. The summed E-state index contributed by atoms with van der Waals surface area (Å²) in [6.45, 7) is 2.42. The van der Waals surface area contributed by atoms with Gasteiger partial charge < -0.3 is 15.3 Å². The Morgan fingerprint density at radius 1 is 1.33 bits per heavy atom. The summed E-state index contributed by atoms with van der Waals surface area (Å²) in [4.78, 5) is 25.2. The molecule has 1 heterocycles. The molecule has 1 aliphatic heterocycles. The molecule has 1 unspecified atom stereocenters. The number of hydrogen-bond acceptors (Lipinski definition) is 2. The first-order valence-corrected chi connectivity index (χ1v) is 7.85. The number of nitrogens with zero attached hydrogens (tertiary/aromatic N) is 1. The number of nitrogens with one attached hydrogen (secondary N) is 1. The molecule has 0 bridgehead atoms. The maximum absolute atomic E-state index is 12.4. The van der Waals surface area contributed by atoms with E-state index in [1.54, 1.807) is 6.07 Å². The van der Waals surface area contributed by atoms with E-state index in [-0.39, 0.29) is 6.03 Å². The highest BCUT2D eigenvalue weighted by Crippen LogP contribution is 2.22. The van der Waals surface area contributed by atoms with Gasteiger partial charge in [-0.15, -0.1) is 0 Å². The van der Waals surface area contributed by atoms with E-state index >= 15 is 0 Å². The summed E-state index contributed by atoms with van der Waals surface area (Å²) >= 11 is 3.41. The van der Waals surface area contributed by atoms with E-state index in [0.717, 1.165) is 29.3 Å². The Balaban J connectivity index is 2.12. The summed E-state index contributed by atoms with van der Waals surface area (Å²) in [5.41, 5.74) is 1.69. The number of carboxylic acids is 1. The van der Waals surface area contributed by atoms with Gasteiger partial charge >= 0.3 is 12.0 Å². The zero-order valence-corrected chi connectivity index (χ0v) is 13.5. The zero-order chi connectivity index (χ0) is 15.4. The molecule has 0 saturated carbocycles. The van der Waals surface area contributed by atoms with Gasteiger partial charge in [-0.25, -0.2) is 9.59 Å². The van der Waals surface area contributed by atoms with Gasteiger partial charge in [-0.3, -0.25) is 0 Å². The van der Waals surface area contributed by atoms with Crippen LogP contribution in [0.2, 0.25) is 0 Å². The van der Waals surface area contributed by atoms with Crippen LogP contribution in [0.1, 0.15) is 31.2 Å². The van der Waals surface area contributed by atoms with Crippen molar-refractivity contribution in [3.05, 3.63) is 28.2 Å². The third-order valence-electron chi connectivity index (χ3n) is 3.71. The minimum Gasteiger partial charge on any atom is -0.480 e. The first-order valence-electron chi connectivity index (χ1n) is 7.05.